The molecule has 132 valence electrons. The van der Waals surface area contributed by atoms with Crippen LogP contribution in [-0.4, -0.2) is 48.2 Å². The van der Waals surface area contributed by atoms with Crippen LogP contribution in [0.3, 0.4) is 0 Å². The third kappa shape index (κ3) is 4.24. The normalized spacial score (nSPS) is 15.8. The van der Waals surface area contributed by atoms with Crippen LogP contribution in [0.1, 0.15) is 11.3 Å². The molecule has 0 spiro atoms. The van der Waals surface area contributed by atoms with E-state index in [0.29, 0.717) is 0 Å². The lowest BCUT2D eigenvalue weighted by atomic mass is 10.2. The monoisotopic (exact) mass is 357 g/mol. The molecular formula is C19H24ClN5. The SMILES string of the molecule is Cc1c(/C=C/CN2CCN(c3cccc(Cl)c3)CC2)ccn1C(=N)N. The molecular weight excluding hydrogens is 334 g/mol. The number of benzene rings is 1. The molecule has 25 heavy (non-hydrogen) atoms. The Kier molecular flexibility index (Phi) is 5.46. The lowest BCUT2D eigenvalue weighted by molar-refractivity contribution is 0.284. The maximum absolute atomic E-state index is 7.53. The van der Waals surface area contributed by atoms with E-state index in [1.54, 1.807) is 4.57 Å². The van der Waals surface area contributed by atoms with Crippen molar-refractivity contribution in [1.29, 1.82) is 5.41 Å². The second kappa shape index (κ2) is 7.76. The number of hydrogen-bond donors (Lipinski definition) is 2. The van der Waals surface area contributed by atoms with Crippen LogP contribution in [0.25, 0.3) is 6.08 Å². The number of nitrogens with zero attached hydrogens (tertiary/aromatic N) is 3. The molecule has 1 aromatic heterocycles. The van der Waals surface area contributed by atoms with E-state index < -0.39 is 0 Å². The summed E-state index contributed by atoms with van der Waals surface area (Å²) in [6.45, 7) is 6.98. The van der Waals surface area contributed by atoms with Crippen LogP contribution < -0.4 is 10.6 Å². The zero-order chi connectivity index (χ0) is 17.8. The number of anilines is 1. The number of nitrogens with two attached hydrogens (primary N) is 1. The average Bonchev–Trinajstić information content (AvgIpc) is 2.97. The first-order chi connectivity index (χ1) is 12.0. The third-order valence-corrected chi connectivity index (χ3v) is 4.88. The summed E-state index contributed by atoms with van der Waals surface area (Å²) in [5.74, 6) is 0.0503. The Hall–Kier alpha value is -2.24. The lowest BCUT2D eigenvalue weighted by Gasteiger charge is -2.35. The van der Waals surface area contributed by atoms with Gasteiger partial charge < -0.3 is 10.6 Å². The Balaban J connectivity index is 1.52. The van der Waals surface area contributed by atoms with Gasteiger partial charge in [0, 0.05) is 55.3 Å². The lowest BCUT2D eigenvalue weighted by Crippen LogP contribution is -2.46. The summed E-state index contributed by atoms with van der Waals surface area (Å²) in [4.78, 5) is 4.82. The summed E-state index contributed by atoms with van der Waals surface area (Å²) < 4.78 is 1.68. The number of rotatable bonds is 4. The van der Waals surface area contributed by atoms with Crippen molar-refractivity contribution in [3.63, 3.8) is 0 Å². The van der Waals surface area contributed by atoms with Crippen LogP contribution >= 0.6 is 11.6 Å². The number of nitrogen functional groups attached to an aromatic ring is 1. The van der Waals surface area contributed by atoms with Gasteiger partial charge in [-0.3, -0.25) is 14.9 Å². The fourth-order valence-electron chi connectivity index (χ4n) is 3.15. The summed E-state index contributed by atoms with van der Waals surface area (Å²) in [6.07, 6.45) is 6.13. The van der Waals surface area contributed by atoms with E-state index >= 15 is 0 Å². The van der Waals surface area contributed by atoms with Crippen LogP contribution in [0, 0.1) is 12.3 Å². The highest BCUT2D eigenvalue weighted by atomic mass is 35.5. The van der Waals surface area contributed by atoms with E-state index in [1.807, 2.05) is 37.4 Å². The number of halogens is 1. The van der Waals surface area contributed by atoms with E-state index in [4.69, 9.17) is 22.7 Å². The fourth-order valence-corrected chi connectivity index (χ4v) is 3.34. The quantitative estimate of drug-likeness (QED) is 0.653. The van der Waals surface area contributed by atoms with Gasteiger partial charge in [-0.05, 0) is 36.8 Å². The Labute approximate surface area is 153 Å². The molecule has 1 saturated heterocycles. The molecule has 0 bridgehead atoms. The number of hydrogen-bond acceptors (Lipinski definition) is 3. The molecule has 1 aromatic carbocycles. The van der Waals surface area contributed by atoms with Gasteiger partial charge >= 0.3 is 0 Å². The van der Waals surface area contributed by atoms with Crippen molar-refractivity contribution in [3.8, 4) is 0 Å². The molecule has 3 rings (SSSR count). The van der Waals surface area contributed by atoms with Gasteiger partial charge in [0.15, 0.2) is 5.96 Å². The van der Waals surface area contributed by atoms with Gasteiger partial charge in [0.25, 0.3) is 0 Å². The van der Waals surface area contributed by atoms with Crippen LogP contribution in [0.15, 0.2) is 42.6 Å². The average molecular weight is 358 g/mol. The summed E-state index contributed by atoms with van der Waals surface area (Å²) in [7, 11) is 0. The summed E-state index contributed by atoms with van der Waals surface area (Å²) >= 11 is 6.08. The first-order valence-electron chi connectivity index (χ1n) is 8.46. The van der Waals surface area contributed by atoms with Gasteiger partial charge in [0.1, 0.15) is 0 Å². The second-order valence-corrected chi connectivity index (χ2v) is 6.72. The van der Waals surface area contributed by atoms with Crippen molar-refractivity contribution in [3.05, 3.63) is 58.9 Å². The van der Waals surface area contributed by atoms with Gasteiger partial charge in [-0.2, -0.15) is 0 Å². The number of nitrogens with one attached hydrogen (secondary N) is 1. The molecule has 1 aliphatic rings. The smallest absolute Gasteiger partial charge is 0.196 e. The molecule has 0 saturated carbocycles. The second-order valence-electron chi connectivity index (χ2n) is 6.28. The van der Waals surface area contributed by atoms with Gasteiger partial charge in [-0.25, -0.2) is 0 Å². The van der Waals surface area contributed by atoms with Crippen molar-refractivity contribution >= 4 is 29.3 Å². The molecule has 0 radical (unpaired) electrons. The molecule has 0 atom stereocenters. The highest BCUT2D eigenvalue weighted by Crippen LogP contribution is 2.20. The maximum atomic E-state index is 7.53. The minimum absolute atomic E-state index is 0.0503. The van der Waals surface area contributed by atoms with E-state index in [9.17, 15) is 0 Å². The molecule has 1 fully saturated rings. The van der Waals surface area contributed by atoms with Gasteiger partial charge in [0.05, 0.1) is 0 Å². The van der Waals surface area contributed by atoms with Crippen molar-refractivity contribution in [1.82, 2.24) is 9.47 Å². The molecule has 0 amide bonds. The number of aromatic nitrogens is 1. The van der Waals surface area contributed by atoms with Gasteiger partial charge in [-0.1, -0.05) is 29.8 Å². The third-order valence-electron chi connectivity index (χ3n) is 4.65. The van der Waals surface area contributed by atoms with Gasteiger partial charge in [-0.15, -0.1) is 0 Å². The summed E-state index contributed by atoms with van der Waals surface area (Å²) in [5.41, 5.74) is 8.84. The molecule has 2 heterocycles. The standard InChI is InChI=1S/C19H24ClN5/c1-15-16(7-9-25(15)19(21)22)4-3-8-23-10-12-24(13-11-23)18-6-2-5-17(20)14-18/h2-7,9,14H,8,10-13H2,1H3,(H3,21,22)/b4-3+. The van der Waals surface area contributed by atoms with E-state index in [-0.39, 0.29) is 5.96 Å². The van der Waals surface area contributed by atoms with Crippen molar-refractivity contribution in [2.45, 2.75) is 6.92 Å². The Morgan fingerprint density at radius 3 is 2.64 bits per heavy atom. The largest absolute Gasteiger partial charge is 0.369 e. The first kappa shape index (κ1) is 17.6. The highest BCUT2D eigenvalue weighted by Gasteiger charge is 2.16. The maximum Gasteiger partial charge on any atom is 0.196 e. The van der Waals surface area contributed by atoms with Crippen molar-refractivity contribution in [2.75, 3.05) is 37.6 Å². The zero-order valence-corrected chi connectivity index (χ0v) is 15.2. The van der Waals surface area contributed by atoms with Crippen LogP contribution in [0.5, 0.6) is 0 Å². The molecule has 2 aromatic rings. The van der Waals surface area contributed by atoms with Gasteiger partial charge in [0.2, 0.25) is 0 Å². The van der Waals surface area contributed by atoms with Crippen LogP contribution in [0.4, 0.5) is 5.69 Å². The molecule has 0 aliphatic carbocycles. The minimum atomic E-state index is 0.0503. The Morgan fingerprint density at radius 1 is 1.24 bits per heavy atom. The zero-order valence-electron chi connectivity index (χ0n) is 14.5. The molecule has 5 nitrogen and oxygen atoms in total. The molecule has 6 heteroatoms. The van der Waals surface area contributed by atoms with E-state index in [1.165, 1.54) is 5.69 Å². The predicted molar refractivity (Wildman–Crippen MR) is 106 cm³/mol. The summed E-state index contributed by atoms with van der Waals surface area (Å²) in [6, 6.07) is 10.0. The Bertz CT molecular complexity index is 772. The first-order valence-corrected chi connectivity index (χ1v) is 8.84. The predicted octanol–water partition coefficient (Wildman–Crippen LogP) is 3.03. The van der Waals surface area contributed by atoms with Crippen molar-refractivity contribution in [2.24, 2.45) is 5.73 Å². The van der Waals surface area contributed by atoms with Crippen LogP contribution in [-0.2, 0) is 0 Å². The molecule has 3 N–H and O–H groups in total. The minimum Gasteiger partial charge on any atom is -0.369 e. The van der Waals surface area contributed by atoms with E-state index in [0.717, 1.165) is 49.0 Å². The molecule has 0 unspecified atom stereocenters. The van der Waals surface area contributed by atoms with Crippen molar-refractivity contribution < 1.29 is 0 Å². The van der Waals surface area contributed by atoms with Crippen LogP contribution in [0.2, 0.25) is 5.02 Å². The summed E-state index contributed by atoms with van der Waals surface area (Å²) in [5, 5.41) is 8.31. The highest BCUT2D eigenvalue weighted by molar-refractivity contribution is 6.30. The number of piperazine rings is 1. The van der Waals surface area contributed by atoms with E-state index in [2.05, 4.69) is 28.0 Å². The topological polar surface area (TPSA) is 61.3 Å². The fraction of sp³-hybridized carbons (Fsp3) is 0.316. The molecule has 1 aliphatic heterocycles. The Morgan fingerprint density at radius 2 is 2.00 bits per heavy atom.